The second kappa shape index (κ2) is 9.47. The van der Waals surface area contributed by atoms with E-state index in [1.165, 1.54) is 5.56 Å². The molecule has 0 aromatic heterocycles. The topological polar surface area (TPSA) is 36.9 Å². The first kappa shape index (κ1) is 20.2. The van der Waals surface area contributed by atoms with Gasteiger partial charge in [0.15, 0.2) is 5.96 Å². The van der Waals surface area contributed by atoms with E-state index in [4.69, 9.17) is 4.74 Å². The van der Waals surface area contributed by atoms with Crippen LogP contribution in [0.25, 0.3) is 0 Å². The summed E-state index contributed by atoms with van der Waals surface area (Å²) in [5.41, 5.74) is 1.40. The predicted octanol–water partition coefficient (Wildman–Crippen LogP) is 3.13. The molecule has 0 saturated carbocycles. The highest BCUT2D eigenvalue weighted by atomic mass is 127. The maximum absolute atomic E-state index is 5.46. The maximum Gasteiger partial charge on any atom is 0.193 e. The van der Waals surface area contributed by atoms with Crippen molar-refractivity contribution in [1.82, 2.24) is 10.2 Å². The molecule has 0 spiro atoms. The molecule has 23 heavy (non-hydrogen) atoms. The van der Waals surface area contributed by atoms with Gasteiger partial charge in [-0.15, -0.1) is 24.0 Å². The quantitative estimate of drug-likeness (QED) is 0.442. The van der Waals surface area contributed by atoms with Gasteiger partial charge in [-0.05, 0) is 12.0 Å². The summed E-state index contributed by atoms with van der Waals surface area (Å²) in [7, 11) is 3.95. The summed E-state index contributed by atoms with van der Waals surface area (Å²) in [5, 5.41) is 3.52. The van der Waals surface area contributed by atoms with Crippen molar-refractivity contribution in [3.63, 3.8) is 0 Å². The van der Waals surface area contributed by atoms with E-state index in [1.54, 1.807) is 0 Å². The van der Waals surface area contributed by atoms with E-state index < -0.39 is 0 Å². The molecule has 0 bridgehead atoms. The van der Waals surface area contributed by atoms with Crippen molar-refractivity contribution in [1.29, 1.82) is 0 Å². The fourth-order valence-electron chi connectivity index (χ4n) is 2.88. The van der Waals surface area contributed by atoms with Crippen LogP contribution in [0.3, 0.4) is 0 Å². The molecule has 130 valence electrons. The normalized spacial score (nSPS) is 18.4. The van der Waals surface area contributed by atoms with Crippen LogP contribution in [0.2, 0.25) is 0 Å². The molecule has 1 aliphatic rings. The van der Waals surface area contributed by atoms with Crippen LogP contribution in [-0.2, 0) is 10.2 Å². The molecule has 2 rings (SSSR count). The lowest BCUT2D eigenvalue weighted by molar-refractivity contribution is 0.181. The Hall–Kier alpha value is -0.820. The number of rotatable bonds is 5. The van der Waals surface area contributed by atoms with Crippen molar-refractivity contribution >= 4 is 29.9 Å². The van der Waals surface area contributed by atoms with Gasteiger partial charge in [0.1, 0.15) is 0 Å². The molecule has 1 atom stereocenters. The van der Waals surface area contributed by atoms with Crippen LogP contribution in [-0.4, -0.2) is 51.3 Å². The van der Waals surface area contributed by atoms with E-state index in [0.717, 1.165) is 38.7 Å². The summed E-state index contributed by atoms with van der Waals surface area (Å²) in [6.45, 7) is 8.13. The van der Waals surface area contributed by atoms with Crippen LogP contribution >= 0.6 is 24.0 Å². The number of halogens is 1. The Balaban J connectivity index is 0.00000264. The molecule has 4 nitrogen and oxygen atoms in total. The Morgan fingerprint density at radius 2 is 2.04 bits per heavy atom. The van der Waals surface area contributed by atoms with Crippen LogP contribution in [0.5, 0.6) is 0 Å². The molecule has 0 radical (unpaired) electrons. The molecule has 5 heteroatoms. The molecular weight excluding hydrogens is 401 g/mol. The fraction of sp³-hybridized carbons (Fsp3) is 0.611. The minimum Gasteiger partial charge on any atom is -0.381 e. The third kappa shape index (κ3) is 5.95. The summed E-state index contributed by atoms with van der Waals surface area (Å²) >= 11 is 0. The predicted molar refractivity (Wildman–Crippen MR) is 108 cm³/mol. The Bertz CT molecular complexity index is 484. The van der Waals surface area contributed by atoms with Crippen molar-refractivity contribution in [2.45, 2.75) is 25.7 Å². The van der Waals surface area contributed by atoms with E-state index in [1.807, 2.05) is 7.05 Å². The zero-order valence-electron chi connectivity index (χ0n) is 14.7. The van der Waals surface area contributed by atoms with Gasteiger partial charge in [0.2, 0.25) is 0 Å². The second-order valence-corrected chi connectivity index (χ2v) is 6.76. The highest BCUT2D eigenvalue weighted by Crippen LogP contribution is 2.21. The molecule has 1 aliphatic heterocycles. The molecule has 1 unspecified atom stereocenters. The fourth-order valence-corrected chi connectivity index (χ4v) is 2.88. The molecular formula is C18H30IN3O. The molecule has 1 fully saturated rings. The molecule has 1 aromatic rings. The molecule has 1 saturated heterocycles. The summed E-state index contributed by atoms with van der Waals surface area (Å²) in [4.78, 5) is 6.63. The van der Waals surface area contributed by atoms with Crippen LogP contribution < -0.4 is 5.32 Å². The van der Waals surface area contributed by atoms with Gasteiger partial charge < -0.3 is 15.0 Å². The summed E-state index contributed by atoms with van der Waals surface area (Å²) in [5.74, 6) is 1.57. The lowest BCUT2D eigenvalue weighted by Crippen LogP contribution is -2.45. The van der Waals surface area contributed by atoms with E-state index in [0.29, 0.717) is 5.92 Å². The van der Waals surface area contributed by atoms with E-state index >= 15 is 0 Å². The third-order valence-corrected chi connectivity index (χ3v) is 4.37. The molecule has 0 amide bonds. The monoisotopic (exact) mass is 431 g/mol. The highest BCUT2D eigenvalue weighted by Gasteiger charge is 2.23. The van der Waals surface area contributed by atoms with E-state index in [2.05, 4.69) is 66.4 Å². The standard InChI is InChI=1S/C18H29N3O.HI/c1-18(2,16-8-6-5-7-9-16)14-20-17(19-3)21(4)12-15-10-11-22-13-15;/h5-9,15H,10-14H2,1-4H3,(H,19,20);1H. The van der Waals surface area contributed by atoms with Crippen molar-refractivity contribution in [2.75, 3.05) is 40.4 Å². The first-order chi connectivity index (χ1) is 10.5. The number of nitrogens with zero attached hydrogens (tertiary/aromatic N) is 2. The van der Waals surface area contributed by atoms with E-state index in [9.17, 15) is 0 Å². The number of benzene rings is 1. The van der Waals surface area contributed by atoms with Gasteiger partial charge >= 0.3 is 0 Å². The van der Waals surface area contributed by atoms with Crippen LogP contribution in [0.15, 0.2) is 35.3 Å². The number of aliphatic imine (C=N–C) groups is 1. The average Bonchev–Trinajstić information content (AvgIpc) is 3.01. The minimum absolute atomic E-state index is 0. The third-order valence-electron chi connectivity index (χ3n) is 4.37. The Labute approximate surface area is 157 Å². The molecule has 1 N–H and O–H groups in total. The Kier molecular flexibility index (Phi) is 8.33. The van der Waals surface area contributed by atoms with Gasteiger partial charge in [-0.2, -0.15) is 0 Å². The van der Waals surface area contributed by atoms with Gasteiger partial charge in [0.05, 0.1) is 6.61 Å². The summed E-state index contributed by atoms with van der Waals surface area (Å²) < 4.78 is 5.46. The Morgan fingerprint density at radius 1 is 1.35 bits per heavy atom. The first-order valence-electron chi connectivity index (χ1n) is 8.08. The van der Waals surface area contributed by atoms with Gasteiger partial charge in [-0.1, -0.05) is 44.2 Å². The van der Waals surface area contributed by atoms with E-state index in [-0.39, 0.29) is 29.4 Å². The van der Waals surface area contributed by atoms with Crippen molar-refractivity contribution < 1.29 is 4.74 Å². The number of guanidine groups is 1. The first-order valence-corrected chi connectivity index (χ1v) is 8.08. The molecule has 1 aromatic carbocycles. The number of hydrogen-bond donors (Lipinski definition) is 1. The molecule has 0 aliphatic carbocycles. The second-order valence-electron chi connectivity index (χ2n) is 6.76. The summed E-state index contributed by atoms with van der Waals surface area (Å²) in [6.07, 6.45) is 1.15. The SMILES string of the molecule is CN=C(NCC(C)(C)c1ccccc1)N(C)CC1CCOC1.I. The Morgan fingerprint density at radius 3 is 2.61 bits per heavy atom. The van der Waals surface area contributed by atoms with Crippen LogP contribution in [0, 0.1) is 5.92 Å². The van der Waals surface area contributed by atoms with Crippen molar-refractivity contribution in [2.24, 2.45) is 10.9 Å². The average molecular weight is 431 g/mol. The van der Waals surface area contributed by atoms with Gasteiger partial charge in [-0.25, -0.2) is 0 Å². The minimum atomic E-state index is 0. The largest absolute Gasteiger partial charge is 0.381 e. The van der Waals surface area contributed by atoms with Gasteiger partial charge in [0.25, 0.3) is 0 Å². The number of ether oxygens (including phenoxy) is 1. The lowest BCUT2D eigenvalue weighted by Gasteiger charge is -2.30. The maximum atomic E-state index is 5.46. The lowest BCUT2D eigenvalue weighted by atomic mass is 9.85. The van der Waals surface area contributed by atoms with Crippen molar-refractivity contribution in [3.05, 3.63) is 35.9 Å². The highest BCUT2D eigenvalue weighted by molar-refractivity contribution is 14.0. The van der Waals surface area contributed by atoms with Gasteiger partial charge in [0, 0.05) is 45.1 Å². The zero-order valence-corrected chi connectivity index (χ0v) is 17.0. The van der Waals surface area contributed by atoms with Crippen molar-refractivity contribution in [3.8, 4) is 0 Å². The zero-order chi connectivity index (χ0) is 16.0. The van der Waals surface area contributed by atoms with Crippen LogP contribution in [0.4, 0.5) is 0 Å². The summed E-state index contributed by atoms with van der Waals surface area (Å²) in [6, 6.07) is 10.6. The number of hydrogen-bond acceptors (Lipinski definition) is 2. The molecule has 1 heterocycles. The van der Waals surface area contributed by atoms with Gasteiger partial charge in [-0.3, -0.25) is 4.99 Å². The smallest absolute Gasteiger partial charge is 0.193 e. The van der Waals surface area contributed by atoms with Crippen LogP contribution in [0.1, 0.15) is 25.8 Å². The number of nitrogens with one attached hydrogen (secondary N) is 1.